The molecule has 0 radical (unpaired) electrons. The number of likely N-dealkylation sites (tertiary alicyclic amines) is 2. The van der Waals surface area contributed by atoms with Gasteiger partial charge in [-0.2, -0.15) is 0 Å². The second-order valence-electron chi connectivity index (χ2n) is 16.7. The Hall–Kier alpha value is -5.89. The number of carbonyl (C=O) groups excluding carboxylic acids is 3. The summed E-state index contributed by atoms with van der Waals surface area (Å²) in [5, 5.41) is 16.9. The maximum atomic E-state index is 13.8. The third-order valence-corrected chi connectivity index (χ3v) is 12.3. The zero-order chi connectivity index (χ0) is 43.0. The van der Waals surface area contributed by atoms with Gasteiger partial charge in [-0.15, -0.1) is 0 Å². The number of fused-ring (bicyclic) bond motifs is 1. The highest BCUT2D eigenvalue weighted by molar-refractivity contribution is 6.32. The summed E-state index contributed by atoms with van der Waals surface area (Å²) in [6, 6.07) is 18.4. The van der Waals surface area contributed by atoms with Crippen molar-refractivity contribution >= 4 is 46.4 Å². The Morgan fingerprint density at radius 1 is 0.733 bits per heavy atom. The number of nitrogens with one attached hydrogen (secondary N) is 4. The molecule has 60 heavy (non-hydrogen) atoms. The molecule has 5 N–H and O–H groups in total. The summed E-state index contributed by atoms with van der Waals surface area (Å²) in [5.41, 5.74) is 5.30. The van der Waals surface area contributed by atoms with Crippen molar-refractivity contribution in [1.29, 1.82) is 0 Å². The normalized spacial score (nSPS) is 20.2. The highest BCUT2D eigenvalue weighted by Crippen LogP contribution is 2.40. The Kier molecular flexibility index (Phi) is 12.2. The van der Waals surface area contributed by atoms with Gasteiger partial charge in [-0.1, -0.05) is 87.8 Å². The average molecular weight is 837 g/mol. The zero-order valence-corrected chi connectivity index (χ0v) is 35.7. The first kappa shape index (κ1) is 42.2. The number of aromatic amines is 2. The van der Waals surface area contributed by atoms with E-state index < -0.39 is 24.3 Å². The fraction of sp³-hybridized carbons (Fsp3) is 0.422. The molecule has 0 aliphatic carbocycles. The quantitative estimate of drug-likeness (QED) is 0.0874. The van der Waals surface area contributed by atoms with Gasteiger partial charge in [0.1, 0.15) is 23.7 Å². The van der Waals surface area contributed by atoms with Crippen LogP contribution in [0, 0.1) is 11.8 Å². The van der Waals surface area contributed by atoms with Crippen molar-refractivity contribution in [3.8, 4) is 33.6 Å². The monoisotopic (exact) mass is 836 g/mol. The van der Waals surface area contributed by atoms with Crippen LogP contribution in [0.25, 0.3) is 44.4 Å². The molecule has 14 nitrogen and oxygen atoms in total. The number of benzene rings is 3. The van der Waals surface area contributed by atoms with Crippen molar-refractivity contribution in [3.05, 3.63) is 83.7 Å². The summed E-state index contributed by atoms with van der Waals surface area (Å²) >= 11 is 6.71. The third-order valence-electron chi connectivity index (χ3n) is 12.0. The minimum Gasteiger partial charge on any atom is -0.465 e. The molecule has 15 heteroatoms. The fourth-order valence-corrected chi connectivity index (χ4v) is 8.95. The molecule has 5 aromatic rings. The molecular weight excluding hydrogens is 784 g/mol. The maximum absolute atomic E-state index is 13.8. The number of rotatable bonds is 11. The second kappa shape index (κ2) is 17.4. The van der Waals surface area contributed by atoms with E-state index >= 15 is 0 Å². The number of ether oxygens (including phenoxy) is 1. The number of hydrogen-bond acceptors (Lipinski definition) is 7. The molecule has 2 unspecified atom stereocenters. The standard InChI is InChI=1S/C45H53ClN8O6/c1-23(2)36(50-44(57)58)42(55)54-26(6)9-19-35(54)41-49-38(39(46)52-41)28-12-10-27(11-13-28)29-14-15-31-21-32(17-16-30(31)20-29)33-22-47-40(48-33)34-18-8-25(5)53(34)43(56)37(24(3)4)51-45(59)60-7/h10-17,20-26,34-37,50H,8-9,18-19H2,1-7H3,(H,47,48)(H,49,52)(H,51,59)(H,57,58)/t25?,26-,34?,35-,36-,37-/m0/s1. The summed E-state index contributed by atoms with van der Waals surface area (Å²) in [6.45, 7) is 11.4. The van der Waals surface area contributed by atoms with Gasteiger partial charge in [0.05, 0.1) is 30.6 Å². The molecule has 6 atom stereocenters. The van der Waals surface area contributed by atoms with Gasteiger partial charge in [-0.25, -0.2) is 19.6 Å². The van der Waals surface area contributed by atoms with Crippen LogP contribution in [-0.2, 0) is 14.3 Å². The molecule has 4 heterocycles. The van der Waals surface area contributed by atoms with Crippen LogP contribution >= 0.6 is 11.6 Å². The molecule has 4 amide bonds. The minimum atomic E-state index is -1.23. The van der Waals surface area contributed by atoms with Crippen LogP contribution < -0.4 is 10.6 Å². The van der Waals surface area contributed by atoms with E-state index in [0.717, 1.165) is 58.0 Å². The number of aromatic nitrogens is 4. The average Bonchev–Trinajstić information content (AvgIpc) is 4.04. The van der Waals surface area contributed by atoms with Gasteiger partial charge in [-0.05, 0) is 85.4 Å². The van der Waals surface area contributed by atoms with Crippen molar-refractivity contribution in [2.45, 2.75) is 103 Å². The molecule has 7 rings (SSSR count). The molecular formula is C45H53ClN8O6. The van der Waals surface area contributed by atoms with Crippen LogP contribution in [0.4, 0.5) is 9.59 Å². The van der Waals surface area contributed by atoms with Gasteiger partial charge in [0.15, 0.2) is 5.15 Å². The van der Waals surface area contributed by atoms with E-state index in [-0.39, 0.29) is 47.8 Å². The molecule has 2 fully saturated rings. The first-order chi connectivity index (χ1) is 28.6. The van der Waals surface area contributed by atoms with Crippen LogP contribution in [0.2, 0.25) is 5.15 Å². The Labute approximate surface area is 354 Å². The van der Waals surface area contributed by atoms with E-state index in [1.54, 1.807) is 4.90 Å². The van der Waals surface area contributed by atoms with Gasteiger partial charge in [0, 0.05) is 29.4 Å². The van der Waals surface area contributed by atoms with Crippen LogP contribution in [0.15, 0.2) is 66.9 Å². The number of amides is 4. The van der Waals surface area contributed by atoms with Crippen LogP contribution in [0.1, 0.15) is 91.0 Å². The highest BCUT2D eigenvalue weighted by atomic mass is 35.5. The maximum Gasteiger partial charge on any atom is 0.407 e. The Balaban J connectivity index is 1.06. The smallest absolute Gasteiger partial charge is 0.407 e. The van der Waals surface area contributed by atoms with Crippen molar-refractivity contribution in [2.24, 2.45) is 11.8 Å². The molecule has 316 valence electrons. The number of halogens is 1. The summed E-state index contributed by atoms with van der Waals surface area (Å²) in [5.74, 6) is 0.513. The lowest BCUT2D eigenvalue weighted by molar-refractivity contribution is -0.138. The number of imidazole rings is 2. The predicted molar refractivity (Wildman–Crippen MR) is 230 cm³/mol. The van der Waals surface area contributed by atoms with Gasteiger partial charge in [0.25, 0.3) is 0 Å². The summed E-state index contributed by atoms with van der Waals surface area (Å²) in [6.07, 6.45) is 3.04. The number of carbonyl (C=O) groups is 4. The third kappa shape index (κ3) is 8.43. The molecule has 2 aromatic heterocycles. The molecule has 0 bridgehead atoms. The van der Waals surface area contributed by atoms with E-state index in [2.05, 4.69) is 55.9 Å². The van der Waals surface area contributed by atoms with E-state index in [0.29, 0.717) is 28.9 Å². The van der Waals surface area contributed by atoms with Crippen molar-refractivity contribution in [2.75, 3.05) is 7.11 Å². The summed E-state index contributed by atoms with van der Waals surface area (Å²) < 4.78 is 4.79. The number of hydrogen-bond donors (Lipinski definition) is 5. The SMILES string of the molecule is COC(=O)N[C@H](C(=O)N1C(C)CCC1c1nc(-c2ccc3cc(-c4ccc(-c5[nH]c([C@@H]6CC[C@H](C)N6C(=O)[C@@H](NC(=O)O)C(C)C)nc5Cl)cc4)ccc3c2)c[nH]1)C(C)C. The Bertz CT molecular complexity index is 2390. The van der Waals surface area contributed by atoms with E-state index in [9.17, 15) is 24.3 Å². The second-order valence-corrected chi connectivity index (χ2v) is 17.1. The van der Waals surface area contributed by atoms with Crippen molar-refractivity contribution < 1.29 is 29.0 Å². The van der Waals surface area contributed by atoms with Crippen molar-refractivity contribution in [3.63, 3.8) is 0 Å². The fourth-order valence-electron chi connectivity index (χ4n) is 8.70. The summed E-state index contributed by atoms with van der Waals surface area (Å²) in [7, 11) is 1.29. The lowest BCUT2D eigenvalue weighted by Crippen LogP contribution is -2.52. The lowest BCUT2D eigenvalue weighted by Gasteiger charge is -2.32. The topological polar surface area (TPSA) is 186 Å². The highest BCUT2D eigenvalue weighted by Gasteiger charge is 2.43. The van der Waals surface area contributed by atoms with E-state index in [4.69, 9.17) is 21.3 Å². The minimum absolute atomic E-state index is 0.00979. The molecule has 2 aliphatic rings. The number of H-pyrrole nitrogens is 2. The number of methoxy groups -OCH3 is 1. The Morgan fingerprint density at radius 3 is 1.82 bits per heavy atom. The van der Waals surface area contributed by atoms with Gasteiger partial charge in [-0.3, -0.25) is 9.59 Å². The van der Waals surface area contributed by atoms with Crippen LogP contribution in [0.3, 0.4) is 0 Å². The number of alkyl carbamates (subject to hydrolysis) is 1. The predicted octanol–water partition coefficient (Wildman–Crippen LogP) is 8.72. The molecule has 0 saturated carbocycles. The van der Waals surface area contributed by atoms with E-state index in [1.165, 1.54) is 7.11 Å². The van der Waals surface area contributed by atoms with E-state index in [1.807, 2.05) is 83.0 Å². The number of carboxylic acid groups (broad SMARTS) is 1. The lowest BCUT2D eigenvalue weighted by atomic mass is 9.98. The van der Waals surface area contributed by atoms with Crippen LogP contribution in [0.5, 0.6) is 0 Å². The van der Waals surface area contributed by atoms with Gasteiger partial charge in [0.2, 0.25) is 11.8 Å². The first-order valence-corrected chi connectivity index (χ1v) is 21.0. The Morgan fingerprint density at radius 2 is 1.25 bits per heavy atom. The molecule has 2 aliphatic heterocycles. The van der Waals surface area contributed by atoms with Crippen LogP contribution in [-0.4, -0.2) is 90.1 Å². The number of nitrogens with zero attached hydrogens (tertiary/aromatic N) is 4. The summed E-state index contributed by atoms with van der Waals surface area (Å²) in [4.78, 5) is 70.9. The molecule has 0 spiro atoms. The van der Waals surface area contributed by atoms with Gasteiger partial charge >= 0.3 is 12.2 Å². The van der Waals surface area contributed by atoms with Gasteiger partial charge < -0.3 is 40.2 Å². The molecule has 2 saturated heterocycles. The largest absolute Gasteiger partial charge is 0.465 e. The van der Waals surface area contributed by atoms with Crippen molar-refractivity contribution in [1.82, 2.24) is 40.4 Å². The molecule has 3 aromatic carbocycles. The first-order valence-electron chi connectivity index (χ1n) is 20.6. The zero-order valence-electron chi connectivity index (χ0n) is 35.0.